The maximum absolute atomic E-state index is 15.0. The second kappa shape index (κ2) is 17.5. The van der Waals surface area contributed by atoms with Gasteiger partial charge in [-0.15, -0.1) is 0 Å². The molecular weight excluding hydrogens is 807 g/mol. The first kappa shape index (κ1) is 43.3. The number of amides is 2. The van der Waals surface area contributed by atoms with E-state index >= 15 is 0 Å². The van der Waals surface area contributed by atoms with Gasteiger partial charge < -0.3 is 39.4 Å². The zero-order valence-electron chi connectivity index (χ0n) is 36.0. The highest BCUT2D eigenvalue weighted by atomic mass is 16.8. The van der Waals surface area contributed by atoms with Crippen LogP contribution in [0.2, 0.25) is 0 Å². The highest BCUT2D eigenvalue weighted by Crippen LogP contribution is 2.59. The van der Waals surface area contributed by atoms with E-state index in [1.807, 2.05) is 84.9 Å². The fourth-order valence-corrected chi connectivity index (χ4v) is 10.2. The standard InChI is InChI=1S/C49H57N3O11/c1-47(2,3)60-40(55)23-21-35(29-53)51-39(54)24-25-50-46(57)48-27-38-41-42(62-49(61-41,33-14-6-4-7-15-33)34-16-8-5-9-17-34)44(48)63-52(43(48)45(56)59-38)28-32-13-11-10-12-31(32)20-18-30-19-22-36-37(26-30)58-36/h4-18,20,30,35-38,41-44,53H,19,21-29H2,1-3H3,(H,50,57)(H,51,54)/t30?,35-,36?,37?,38+,41-,42-,43-,44+,48-/m0/s1. The summed E-state index contributed by atoms with van der Waals surface area (Å²) in [5, 5.41) is 17.3. The number of rotatable bonds is 15. The minimum atomic E-state index is -1.49. The van der Waals surface area contributed by atoms with Crippen molar-refractivity contribution in [2.75, 3.05) is 13.2 Å². The van der Waals surface area contributed by atoms with Gasteiger partial charge in [0.05, 0.1) is 31.4 Å². The van der Waals surface area contributed by atoms with Crippen LogP contribution in [0.5, 0.6) is 0 Å². The van der Waals surface area contributed by atoms with Gasteiger partial charge in [0.25, 0.3) is 0 Å². The van der Waals surface area contributed by atoms with Gasteiger partial charge in [-0.05, 0) is 63.5 Å². The first-order valence-electron chi connectivity index (χ1n) is 22.3. The molecule has 14 nitrogen and oxygen atoms in total. The number of hydrogen-bond acceptors (Lipinski definition) is 12. The van der Waals surface area contributed by atoms with Gasteiger partial charge >= 0.3 is 11.9 Å². The summed E-state index contributed by atoms with van der Waals surface area (Å²) in [6.45, 7) is 5.04. The van der Waals surface area contributed by atoms with Crippen molar-refractivity contribution in [1.29, 1.82) is 0 Å². The molecule has 63 heavy (non-hydrogen) atoms. The van der Waals surface area contributed by atoms with Crippen LogP contribution in [-0.2, 0) is 60.0 Å². The topological polar surface area (TPSA) is 174 Å². The second-order valence-electron chi connectivity index (χ2n) is 18.7. The van der Waals surface area contributed by atoms with Crippen LogP contribution in [0.3, 0.4) is 0 Å². The fraction of sp³-hybridized carbons (Fsp3) is 0.510. The van der Waals surface area contributed by atoms with Gasteiger partial charge in [-0.2, -0.15) is 5.06 Å². The highest BCUT2D eigenvalue weighted by Gasteiger charge is 2.76. The van der Waals surface area contributed by atoms with Crippen LogP contribution in [0.4, 0.5) is 0 Å². The zero-order chi connectivity index (χ0) is 43.9. The number of ether oxygens (including phenoxy) is 5. The minimum absolute atomic E-state index is 0.0138. The Hall–Kier alpha value is -4.96. The Morgan fingerprint density at radius 3 is 2.30 bits per heavy atom. The van der Waals surface area contributed by atoms with E-state index in [0.29, 0.717) is 18.1 Å². The molecule has 2 amide bonds. The smallest absolute Gasteiger partial charge is 0.327 e. The van der Waals surface area contributed by atoms with Crippen LogP contribution >= 0.6 is 0 Å². The summed E-state index contributed by atoms with van der Waals surface area (Å²) < 4.78 is 31.5. The number of aliphatic hydroxyl groups is 1. The van der Waals surface area contributed by atoms with Crippen LogP contribution in [-0.4, -0.2) is 101 Å². The lowest BCUT2D eigenvalue weighted by Crippen LogP contribution is -2.69. The molecule has 3 aromatic carbocycles. The van der Waals surface area contributed by atoms with Crippen LogP contribution in [0.15, 0.2) is 91.0 Å². The Morgan fingerprint density at radius 2 is 1.60 bits per heavy atom. The molecule has 3 aromatic rings. The first-order chi connectivity index (χ1) is 30.4. The molecule has 2 aliphatic carbocycles. The molecule has 10 atom stereocenters. The number of carbonyl (C=O) groups is 4. The van der Waals surface area contributed by atoms with Gasteiger partial charge in [0.15, 0.2) is 6.04 Å². The number of esters is 2. The van der Waals surface area contributed by atoms with E-state index in [4.69, 9.17) is 28.5 Å². The zero-order valence-corrected chi connectivity index (χ0v) is 36.0. The maximum atomic E-state index is 15.0. The molecule has 2 saturated carbocycles. The lowest BCUT2D eigenvalue weighted by atomic mass is 9.62. The molecule has 0 aromatic heterocycles. The van der Waals surface area contributed by atoms with E-state index in [2.05, 4.69) is 22.8 Å². The number of carbonyl (C=O) groups excluding carboxylic acids is 4. The third-order valence-electron chi connectivity index (χ3n) is 13.2. The molecule has 9 rings (SSSR count). The molecule has 0 radical (unpaired) electrons. The molecule has 2 bridgehead atoms. The lowest BCUT2D eigenvalue weighted by Gasteiger charge is -2.48. The summed E-state index contributed by atoms with van der Waals surface area (Å²) in [6, 6.07) is 25.3. The number of aliphatic hydroxyl groups excluding tert-OH is 1. The highest BCUT2D eigenvalue weighted by molar-refractivity contribution is 5.94. The van der Waals surface area contributed by atoms with E-state index in [9.17, 15) is 24.3 Å². The van der Waals surface area contributed by atoms with E-state index in [0.717, 1.165) is 41.5 Å². The molecule has 6 aliphatic rings. The maximum Gasteiger partial charge on any atom is 0.327 e. The van der Waals surface area contributed by atoms with Gasteiger partial charge in [0, 0.05) is 36.9 Å². The Balaban J connectivity index is 0.980. The lowest BCUT2D eigenvalue weighted by molar-refractivity contribution is -0.213. The summed E-state index contributed by atoms with van der Waals surface area (Å²) in [5.41, 5.74) is 1.20. The molecule has 6 fully saturated rings. The third kappa shape index (κ3) is 8.69. The van der Waals surface area contributed by atoms with E-state index in [1.54, 1.807) is 25.8 Å². The van der Waals surface area contributed by atoms with Crippen LogP contribution in [0.25, 0.3) is 6.08 Å². The number of benzene rings is 3. The fourth-order valence-electron chi connectivity index (χ4n) is 10.2. The average molecular weight is 864 g/mol. The molecule has 4 heterocycles. The van der Waals surface area contributed by atoms with E-state index in [-0.39, 0.29) is 45.4 Å². The molecule has 3 N–H and O–H groups in total. The van der Waals surface area contributed by atoms with Gasteiger partial charge in [0.2, 0.25) is 17.6 Å². The van der Waals surface area contributed by atoms with Crippen molar-refractivity contribution in [3.8, 4) is 0 Å². The van der Waals surface area contributed by atoms with Crippen molar-refractivity contribution in [3.63, 3.8) is 0 Å². The second-order valence-corrected chi connectivity index (χ2v) is 18.7. The summed E-state index contributed by atoms with van der Waals surface area (Å²) >= 11 is 0. The number of hydrogen-bond donors (Lipinski definition) is 3. The quantitative estimate of drug-likeness (QED) is 0.140. The average Bonchev–Trinajstić information content (AvgIpc) is 3.79. The number of hydroxylamine groups is 2. The van der Waals surface area contributed by atoms with Gasteiger partial charge in [0.1, 0.15) is 35.4 Å². The molecule has 4 saturated heterocycles. The van der Waals surface area contributed by atoms with Crippen molar-refractivity contribution in [3.05, 3.63) is 113 Å². The number of nitrogens with zero attached hydrogens (tertiary/aromatic N) is 1. The first-order valence-corrected chi connectivity index (χ1v) is 22.3. The van der Waals surface area contributed by atoms with Crippen molar-refractivity contribution in [1.82, 2.24) is 15.7 Å². The largest absolute Gasteiger partial charge is 0.460 e. The molecule has 4 aliphatic heterocycles. The number of nitrogens with one attached hydrogen (secondary N) is 2. The van der Waals surface area contributed by atoms with Crippen molar-refractivity contribution in [2.24, 2.45) is 11.3 Å². The van der Waals surface area contributed by atoms with Gasteiger partial charge in [-0.1, -0.05) is 97.1 Å². The van der Waals surface area contributed by atoms with Crippen LogP contribution in [0, 0.1) is 11.3 Å². The van der Waals surface area contributed by atoms with Gasteiger partial charge in [-0.25, -0.2) is 0 Å². The summed E-state index contributed by atoms with van der Waals surface area (Å²) in [4.78, 5) is 61.8. The normalized spacial score (nSPS) is 30.8. The number of allylic oxidation sites excluding steroid dienone is 1. The Morgan fingerprint density at radius 1 is 0.905 bits per heavy atom. The van der Waals surface area contributed by atoms with Crippen molar-refractivity contribution < 1.29 is 52.8 Å². The van der Waals surface area contributed by atoms with Crippen molar-refractivity contribution >= 4 is 29.8 Å². The van der Waals surface area contributed by atoms with Crippen LogP contribution < -0.4 is 10.6 Å². The van der Waals surface area contributed by atoms with E-state index in [1.165, 1.54) is 0 Å². The van der Waals surface area contributed by atoms with Crippen molar-refractivity contribution in [2.45, 2.75) is 132 Å². The summed E-state index contributed by atoms with van der Waals surface area (Å²) in [5.74, 6) is -2.93. The minimum Gasteiger partial charge on any atom is -0.460 e. The summed E-state index contributed by atoms with van der Waals surface area (Å²) in [6.07, 6.45) is 4.96. The third-order valence-corrected chi connectivity index (χ3v) is 13.2. The SMILES string of the molecule is CC(C)(C)OC(=O)CC[C@@H](CO)NC(=O)CCNC(=O)[C@@]12C[C@H]3OC(=O)[C@@H]1N(Cc1ccccc1C=CC1CCC4OC4C1)O[C@@H]2[C@H]1OC(c2ccccc2)(c2ccccc2)O[C@H]13. The predicted molar refractivity (Wildman–Crippen MR) is 228 cm³/mol. The molecular formula is C49H57N3O11. The molecule has 0 spiro atoms. The monoisotopic (exact) mass is 863 g/mol. The summed E-state index contributed by atoms with van der Waals surface area (Å²) in [7, 11) is 0. The number of epoxide rings is 1. The molecule has 14 heteroatoms. The van der Waals surface area contributed by atoms with E-state index < -0.39 is 77.1 Å². The number of fused-ring (bicyclic) bond motifs is 5. The molecule has 3 unspecified atom stereocenters. The predicted octanol–water partition coefficient (Wildman–Crippen LogP) is 4.86. The van der Waals surface area contributed by atoms with Crippen LogP contribution in [0.1, 0.15) is 88.0 Å². The molecule has 334 valence electrons. The van der Waals surface area contributed by atoms with Gasteiger partial charge in [-0.3, -0.25) is 24.0 Å². The Bertz CT molecular complexity index is 2160. The Labute approximate surface area is 367 Å². The Kier molecular flexibility index (Phi) is 12.1.